The monoisotopic (exact) mass is 164 g/mol. The second-order valence-electron chi connectivity index (χ2n) is 3.42. The van der Waals surface area contributed by atoms with Crippen LogP contribution in [0.1, 0.15) is 18.1 Å². The van der Waals surface area contributed by atoms with Gasteiger partial charge < -0.3 is 5.11 Å². The first-order chi connectivity index (χ1) is 5.74. The van der Waals surface area contributed by atoms with E-state index in [0.717, 1.165) is 6.42 Å². The Hall–Kier alpha value is -0.820. The molecule has 0 saturated carbocycles. The molecule has 1 rings (SSSR count). The highest BCUT2D eigenvalue weighted by Crippen LogP contribution is 2.12. The van der Waals surface area contributed by atoms with Crippen LogP contribution in [0.5, 0.6) is 0 Å². The van der Waals surface area contributed by atoms with E-state index in [0.29, 0.717) is 5.92 Å². The van der Waals surface area contributed by atoms with Crippen LogP contribution in [0.4, 0.5) is 0 Å². The van der Waals surface area contributed by atoms with Gasteiger partial charge in [0.05, 0.1) is 0 Å². The molecule has 0 amide bonds. The van der Waals surface area contributed by atoms with Crippen LogP contribution in [0, 0.1) is 12.8 Å². The van der Waals surface area contributed by atoms with Gasteiger partial charge in [0.15, 0.2) is 0 Å². The Morgan fingerprint density at radius 1 is 1.33 bits per heavy atom. The lowest BCUT2D eigenvalue weighted by atomic mass is 9.98. The lowest BCUT2D eigenvalue weighted by Crippen LogP contribution is -2.05. The van der Waals surface area contributed by atoms with Crippen molar-refractivity contribution >= 4 is 0 Å². The minimum Gasteiger partial charge on any atom is -0.396 e. The molecule has 0 heterocycles. The summed E-state index contributed by atoms with van der Waals surface area (Å²) in [6.07, 6.45) is 0.975. The predicted octanol–water partition coefficient (Wildman–Crippen LogP) is 2.17. The molecule has 0 aliphatic heterocycles. The lowest BCUT2D eigenvalue weighted by molar-refractivity contribution is 0.237. The van der Waals surface area contributed by atoms with Crippen LogP contribution in [0.2, 0.25) is 0 Å². The summed E-state index contributed by atoms with van der Waals surface area (Å²) in [6, 6.07) is 8.33. The van der Waals surface area contributed by atoms with Gasteiger partial charge in [-0.05, 0) is 30.4 Å². The zero-order valence-corrected chi connectivity index (χ0v) is 7.75. The van der Waals surface area contributed by atoms with Gasteiger partial charge >= 0.3 is 0 Å². The molecule has 0 aliphatic rings. The quantitative estimate of drug-likeness (QED) is 0.726. The molecule has 1 heteroatoms. The largest absolute Gasteiger partial charge is 0.396 e. The molecular formula is C11H16O. The van der Waals surface area contributed by atoms with Crippen molar-refractivity contribution in [1.29, 1.82) is 0 Å². The van der Waals surface area contributed by atoms with E-state index in [4.69, 9.17) is 5.11 Å². The number of aryl methyl sites for hydroxylation is 1. The average Bonchev–Trinajstić information content (AvgIpc) is 2.09. The van der Waals surface area contributed by atoms with E-state index in [1.807, 2.05) is 12.1 Å². The fourth-order valence-electron chi connectivity index (χ4n) is 1.28. The molecule has 1 aromatic rings. The SMILES string of the molecule is Cc1ccccc1C[C@H](C)CO. The molecule has 0 aromatic heterocycles. The smallest absolute Gasteiger partial charge is 0.0459 e. The van der Waals surface area contributed by atoms with E-state index in [2.05, 4.69) is 26.0 Å². The lowest BCUT2D eigenvalue weighted by Gasteiger charge is -2.09. The third kappa shape index (κ3) is 2.35. The summed E-state index contributed by atoms with van der Waals surface area (Å²) in [5.74, 6) is 0.367. The summed E-state index contributed by atoms with van der Waals surface area (Å²) in [7, 11) is 0. The van der Waals surface area contributed by atoms with Crippen molar-refractivity contribution in [3.05, 3.63) is 35.4 Å². The van der Waals surface area contributed by atoms with Gasteiger partial charge in [0.2, 0.25) is 0 Å². The second-order valence-corrected chi connectivity index (χ2v) is 3.42. The van der Waals surface area contributed by atoms with Gasteiger partial charge in [0, 0.05) is 6.61 Å². The van der Waals surface area contributed by atoms with Crippen molar-refractivity contribution in [3.8, 4) is 0 Å². The Kier molecular flexibility index (Phi) is 3.30. The standard InChI is InChI=1S/C11H16O/c1-9(8-12)7-11-6-4-3-5-10(11)2/h3-6,9,12H,7-8H2,1-2H3/t9-/m0/s1. The van der Waals surface area contributed by atoms with E-state index < -0.39 is 0 Å². The molecule has 0 unspecified atom stereocenters. The molecule has 0 spiro atoms. The molecule has 0 bridgehead atoms. The fraction of sp³-hybridized carbons (Fsp3) is 0.455. The summed E-state index contributed by atoms with van der Waals surface area (Å²) in [5.41, 5.74) is 2.66. The first-order valence-electron chi connectivity index (χ1n) is 4.39. The van der Waals surface area contributed by atoms with Crippen molar-refractivity contribution in [2.45, 2.75) is 20.3 Å². The molecule has 0 saturated heterocycles. The third-order valence-electron chi connectivity index (χ3n) is 2.14. The second kappa shape index (κ2) is 4.27. The van der Waals surface area contributed by atoms with Crippen molar-refractivity contribution in [1.82, 2.24) is 0 Å². The summed E-state index contributed by atoms with van der Waals surface area (Å²) in [4.78, 5) is 0. The molecule has 0 fully saturated rings. The van der Waals surface area contributed by atoms with Crippen LogP contribution in [0.3, 0.4) is 0 Å². The van der Waals surface area contributed by atoms with Crippen LogP contribution in [-0.2, 0) is 6.42 Å². The molecule has 1 aromatic carbocycles. The van der Waals surface area contributed by atoms with Crippen LogP contribution in [-0.4, -0.2) is 11.7 Å². The van der Waals surface area contributed by atoms with Gasteiger partial charge in [-0.15, -0.1) is 0 Å². The molecule has 1 N–H and O–H groups in total. The first-order valence-corrected chi connectivity index (χ1v) is 4.39. The maximum Gasteiger partial charge on any atom is 0.0459 e. The van der Waals surface area contributed by atoms with Crippen molar-refractivity contribution < 1.29 is 5.11 Å². The molecular weight excluding hydrogens is 148 g/mol. The number of aliphatic hydroxyl groups excluding tert-OH is 1. The molecule has 66 valence electrons. The molecule has 1 nitrogen and oxygen atoms in total. The van der Waals surface area contributed by atoms with E-state index in [9.17, 15) is 0 Å². The zero-order chi connectivity index (χ0) is 8.97. The fourth-order valence-corrected chi connectivity index (χ4v) is 1.28. The number of aliphatic hydroxyl groups is 1. The predicted molar refractivity (Wildman–Crippen MR) is 51.1 cm³/mol. The van der Waals surface area contributed by atoms with Gasteiger partial charge in [-0.1, -0.05) is 31.2 Å². The highest BCUT2D eigenvalue weighted by atomic mass is 16.3. The summed E-state index contributed by atoms with van der Waals surface area (Å²) >= 11 is 0. The molecule has 12 heavy (non-hydrogen) atoms. The van der Waals surface area contributed by atoms with Gasteiger partial charge in [-0.3, -0.25) is 0 Å². The highest BCUT2D eigenvalue weighted by Gasteiger charge is 2.03. The van der Waals surface area contributed by atoms with E-state index in [1.165, 1.54) is 11.1 Å². The Bertz CT molecular complexity index is 243. The number of rotatable bonds is 3. The van der Waals surface area contributed by atoms with Crippen LogP contribution < -0.4 is 0 Å². The van der Waals surface area contributed by atoms with Crippen molar-refractivity contribution in [3.63, 3.8) is 0 Å². The van der Waals surface area contributed by atoms with E-state index >= 15 is 0 Å². The topological polar surface area (TPSA) is 20.2 Å². The molecule has 0 radical (unpaired) electrons. The Labute approximate surface area is 74.1 Å². The van der Waals surface area contributed by atoms with E-state index in [1.54, 1.807) is 0 Å². The molecule has 0 aliphatic carbocycles. The zero-order valence-electron chi connectivity index (χ0n) is 7.75. The average molecular weight is 164 g/mol. The number of benzene rings is 1. The van der Waals surface area contributed by atoms with Gasteiger partial charge in [0.25, 0.3) is 0 Å². The normalized spacial score (nSPS) is 12.9. The van der Waals surface area contributed by atoms with Gasteiger partial charge in [0.1, 0.15) is 0 Å². The van der Waals surface area contributed by atoms with Gasteiger partial charge in [-0.25, -0.2) is 0 Å². The third-order valence-corrected chi connectivity index (χ3v) is 2.14. The van der Waals surface area contributed by atoms with E-state index in [-0.39, 0.29) is 6.61 Å². The van der Waals surface area contributed by atoms with Crippen LogP contribution in [0.15, 0.2) is 24.3 Å². The maximum atomic E-state index is 8.89. The molecule has 1 atom stereocenters. The van der Waals surface area contributed by atoms with Crippen LogP contribution in [0.25, 0.3) is 0 Å². The Morgan fingerprint density at radius 3 is 2.58 bits per heavy atom. The summed E-state index contributed by atoms with van der Waals surface area (Å²) < 4.78 is 0. The van der Waals surface area contributed by atoms with Crippen LogP contribution >= 0.6 is 0 Å². The Balaban J connectivity index is 2.69. The Morgan fingerprint density at radius 2 is 2.00 bits per heavy atom. The maximum absolute atomic E-state index is 8.89. The van der Waals surface area contributed by atoms with Crippen molar-refractivity contribution in [2.75, 3.05) is 6.61 Å². The van der Waals surface area contributed by atoms with Gasteiger partial charge in [-0.2, -0.15) is 0 Å². The summed E-state index contributed by atoms with van der Waals surface area (Å²) in [6.45, 7) is 4.44. The summed E-state index contributed by atoms with van der Waals surface area (Å²) in [5, 5.41) is 8.89. The first kappa shape index (κ1) is 9.27. The minimum absolute atomic E-state index is 0.272. The highest BCUT2D eigenvalue weighted by molar-refractivity contribution is 5.25. The van der Waals surface area contributed by atoms with Crippen molar-refractivity contribution in [2.24, 2.45) is 5.92 Å². The minimum atomic E-state index is 0.272. The number of hydrogen-bond acceptors (Lipinski definition) is 1. The number of hydrogen-bond donors (Lipinski definition) is 1.